The lowest BCUT2D eigenvalue weighted by Gasteiger charge is -2.33. The van der Waals surface area contributed by atoms with Gasteiger partial charge in [-0.05, 0) is 49.8 Å². The standard InChI is InChI=1S/C18H29N3O/c1-4-19-18(21-12-9-15(2)10-13-21)20-11-8-16-6-5-7-17(14-16)22-3/h5-7,14-15H,4,8-13H2,1-3H3,(H,19,20). The summed E-state index contributed by atoms with van der Waals surface area (Å²) < 4.78 is 5.27. The number of nitrogens with one attached hydrogen (secondary N) is 1. The van der Waals surface area contributed by atoms with E-state index >= 15 is 0 Å². The molecular formula is C18H29N3O. The number of hydrogen-bond acceptors (Lipinski definition) is 2. The third-order valence-electron chi connectivity index (χ3n) is 4.21. The quantitative estimate of drug-likeness (QED) is 0.671. The molecule has 1 aromatic rings. The summed E-state index contributed by atoms with van der Waals surface area (Å²) in [4.78, 5) is 7.20. The number of piperidine rings is 1. The Kier molecular flexibility index (Phi) is 6.56. The van der Waals surface area contributed by atoms with Crippen molar-refractivity contribution in [3.05, 3.63) is 29.8 Å². The van der Waals surface area contributed by atoms with Gasteiger partial charge in [0.2, 0.25) is 0 Å². The molecule has 1 aromatic carbocycles. The highest BCUT2D eigenvalue weighted by Gasteiger charge is 2.18. The largest absolute Gasteiger partial charge is 0.497 e. The number of methoxy groups -OCH3 is 1. The highest BCUT2D eigenvalue weighted by Crippen LogP contribution is 2.16. The normalized spacial score (nSPS) is 16.7. The molecule has 0 atom stereocenters. The Labute approximate surface area is 134 Å². The van der Waals surface area contributed by atoms with Crippen LogP contribution in [0.1, 0.15) is 32.3 Å². The van der Waals surface area contributed by atoms with Crippen molar-refractivity contribution in [3.8, 4) is 5.75 Å². The van der Waals surface area contributed by atoms with Gasteiger partial charge in [-0.2, -0.15) is 0 Å². The van der Waals surface area contributed by atoms with Gasteiger partial charge in [-0.3, -0.25) is 4.99 Å². The van der Waals surface area contributed by atoms with Gasteiger partial charge >= 0.3 is 0 Å². The van der Waals surface area contributed by atoms with E-state index in [0.717, 1.165) is 50.2 Å². The first-order valence-corrected chi connectivity index (χ1v) is 8.39. The second-order valence-electron chi connectivity index (χ2n) is 6.01. The van der Waals surface area contributed by atoms with Gasteiger partial charge in [-0.1, -0.05) is 19.1 Å². The molecule has 0 aliphatic carbocycles. The SMILES string of the molecule is CCNC(=NCCc1cccc(OC)c1)N1CCC(C)CC1. The molecule has 4 nitrogen and oxygen atoms in total. The zero-order chi connectivity index (χ0) is 15.8. The minimum atomic E-state index is 0.807. The average Bonchev–Trinajstić information content (AvgIpc) is 2.55. The molecule has 0 bridgehead atoms. The summed E-state index contributed by atoms with van der Waals surface area (Å²) in [7, 11) is 1.71. The number of nitrogens with zero attached hydrogens (tertiary/aromatic N) is 2. The van der Waals surface area contributed by atoms with E-state index < -0.39 is 0 Å². The number of likely N-dealkylation sites (tertiary alicyclic amines) is 1. The highest BCUT2D eigenvalue weighted by atomic mass is 16.5. The number of hydrogen-bond donors (Lipinski definition) is 1. The van der Waals surface area contributed by atoms with Crippen LogP contribution in [0.25, 0.3) is 0 Å². The average molecular weight is 303 g/mol. The first-order valence-electron chi connectivity index (χ1n) is 8.39. The second kappa shape index (κ2) is 8.66. The molecule has 4 heteroatoms. The Morgan fingerprint density at radius 3 is 2.82 bits per heavy atom. The number of rotatable bonds is 5. The first-order chi connectivity index (χ1) is 10.7. The number of ether oxygens (including phenoxy) is 1. The van der Waals surface area contributed by atoms with Gasteiger partial charge in [0.05, 0.1) is 7.11 Å². The molecule has 1 saturated heterocycles. The summed E-state index contributed by atoms with van der Waals surface area (Å²) in [6.45, 7) is 8.43. The fraction of sp³-hybridized carbons (Fsp3) is 0.611. The lowest BCUT2D eigenvalue weighted by Crippen LogP contribution is -2.45. The van der Waals surface area contributed by atoms with Crippen molar-refractivity contribution < 1.29 is 4.74 Å². The molecule has 0 saturated carbocycles. The van der Waals surface area contributed by atoms with E-state index in [1.165, 1.54) is 18.4 Å². The van der Waals surface area contributed by atoms with Crippen molar-refractivity contribution >= 4 is 5.96 Å². The molecule has 22 heavy (non-hydrogen) atoms. The molecule has 0 radical (unpaired) electrons. The van der Waals surface area contributed by atoms with Crippen molar-refractivity contribution in [2.24, 2.45) is 10.9 Å². The van der Waals surface area contributed by atoms with Crippen molar-refractivity contribution in [2.75, 3.05) is 33.3 Å². The molecule has 122 valence electrons. The summed E-state index contributed by atoms with van der Waals surface area (Å²) in [5.41, 5.74) is 1.27. The van der Waals surface area contributed by atoms with Gasteiger partial charge in [-0.15, -0.1) is 0 Å². The van der Waals surface area contributed by atoms with Crippen LogP contribution in [-0.2, 0) is 6.42 Å². The van der Waals surface area contributed by atoms with Crippen molar-refractivity contribution in [1.29, 1.82) is 0 Å². The number of benzene rings is 1. The molecule has 1 heterocycles. The van der Waals surface area contributed by atoms with E-state index in [-0.39, 0.29) is 0 Å². The molecule has 1 N–H and O–H groups in total. The van der Waals surface area contributed by atoms with Gasteiger partial charge in [0.1, 0.15) is 5.75 Å². The van der Waals surface area contributed by atoms with Crippen molar-refractivity contribution in [2.45, 2.75) is 33.1 Å². The predicted octanol–water partition coefficient (Wildman–Crippen LogP) is 2.94. The number of aliphatic imine (C=N–C) groups is 1. The molecule has 0 amide bonds. The summed E-state index contributed by atoms with van der Waals surface area (Å²) in [6.07, 6.45) is 3.47. The monoisotopic (exact) mass is 303 g/mol. The molecule has 1 aliphatic heterocycles. The maximum absolute atomic E-state index is 5.27. The van der Waals surface area contributed by atoms with Crippen LogP contribution in [0.4, 0.5) is 0 Å². The zero-order valence-electron chi connectivity index (χ0n) is 14.1. The summed E-state index contributed by atoms with van der Waals surface area (Å²) >= 11 is 0. The van der Waals surface area contributed by atoms with E-state index in [2.05, 4.69) is 36.2 Å². The first kappa shape index (κ1) is 16.7. The number of guanidine groups is 1. The maximum Gasteiger partial charge on any atom is 0.193 e. The van der Waals surface area contributed by atoms with Crippen LogP contribution in [0.3, 0.4) is 0 Å². The van der Waals surface area contributed by atoms with E-state index in [0.29, 0.717) is 0 Å². The lowest BCUT2D eigenvalue weighted by atomic mass is 10.00. The van der Waals surface area contributed by atoms with E-state index in [9.17, 15) is 0 Å². The Bertz CT molecular complexity index is 479. The molecule has 2 rings (SSSR count). The van der Waals surface area contributed by atoms with E-state index in [1.54, 1.807) is 7.11 Å². The Balaban J connectivity index is 1.92. The summed E-state index contributed by atoms with van der Waals surface area (Å²) in [5, 5.41) is 3.43. The smallest absolute Gasteiger partial charge is 0.193 e. The lowest BCUT2D eigenvalue weighted by molar-refractivity contribution is 0.273. The molecule has 1 aliphatic rings. The summed E-state index contributed by atoms with van der Waals surface area (Å²) in [6, 6.07) is 8.24. The Hall–Kier alpha value is -1.71. The highest BCUT2D eigenvalue weighted by molar-refractivity contribution is 5.80. The van der Waals surface area contributed by atoms with Crippen LogP contribution in [0.15, 0.2) is 29.3 Å². The van der Waals surface area contributed by atoms with Gasteiger partial charge < -0.3 is 15.0 Å². The van der Waals surface area contributed by atoms with Gasteiger partial charge in [0.15, 0.2) is 5.96 Å². The van der Waals surface area contributed by atoms with Crippen LogP contribution in [0.5, 0.6) is 5.75 Å². The molecule has 0 aromatic heterocycles. The van der Waals surface area contributed by atoms with Gasteiger partial charge in [-0.25, -0.2) is 0 Å². The minimum absolute atomic E-state index is 0.807. The molecule has 1 fully saturated rings. The second-order valence-corrected chi connectivity index (χ2v) is 6.01. The Morgan fingerprint density at radius 2 is 2.14 bits per heavy atom. The topological polar surface area (TPSA) is 36.9 Å². The zero-order valence-corrected chi connectivity index (χ0v) is 14.1. The van der Waals surface area contributed by atoms with Crippen LogP contribution in [0, 0.1) is 5.92 Å². The summed E-state index contributed by atoms with van der Waals surface area (Å²) in [5.74, 6) is 2.83. The molecular weight excluding hydrogens is 274 g/mol. The van der Waals surface area contributed by atoms with Gasteiger partial charge in [0, 0.05) is 26.2 Å². The van der Waals surface area contributed by atoms with Crippen molar-refractivity contribution in [1.82, 2.24) is 10.2 Å². The van der Waals surface area contributed by atoms with E-state index in [1.807, 2.05) is 12.1 Å². The minimum Gasteiger partial charge on any atom is -0.497 e. The van der Waals surface area contributed by atoms with Crippen LogP contribution >= 0.6 is 0 Å². The Morgan fingerprint density at radius 1 is 1.36 bits per heavy atom. The third kappa shape index (κ3) is 4.93. The fourth-order valence-electron chi connectivity index (χ4n) is 2.77. The van der Waals surface area contributed by atoms with Crippen molar-refractivity contribution in [3.63, 3.8) is 0 Å². The van der Waals surface area contributed by atoms with Crippen LogP contribution < -0.4 is 10.1 Å². The maximum atomic E-state index is 5.27. The van der Waals surface area contributed by atoms with Crippen LogP contribution in [0.2, 0.25) is 0 Å². The molecule has 0 spiro atoms. The molecule has 0 unspecified atom stereocenters. The predicted molar refractivity (Wildman–Crippen MR) is 92.6 cm³/mol. The third-order valence-corrected chi connectivity index (χ3v) is 4.21. The van der Waals surface area contributed by atoms with Gasteiger partial charge in [0.25, 0.3) is 0 Å². The fourth-order valence-corrected chi connectivity index (χ4v) is 2.77. The van der Waals surface area contributed by atoms with Crippen LogP contribution in [-0.4, -0.2) is 44.1 Å². The van der Waals surface area contributed by atoms with E-state index in [4.69, 9.17) is 9.73 Å².